The third-order valence-corrected chi connectivity index (χ3v) is 5.61. The zero-order valence-corrected chi connectivity index (χ0v) is 17.1. The van der Waals surface area contributed by atoms with Crippen molar-refractivity contribution in [3.63, 3.8) is 0 Å². The summed E-state index contributed by atoms with van der Waals surface area (Å²) < 4.78 is 5.61. The van der Waals surface area contributed by atoms with Gasteiger partial charge in [-0.15, -0.1) is 0 Å². The zero-order valence-electron chi connectivity index (χ0n) is 17.1. The van der Waals surface area contributed by atoms with E-state index < -0.39 is 0 Å². The van der Waals surface area contributed by atoms with Gasteiger partial charge in [0.1, 0.15) is 0 Å². The first-order valence-corrected chi connectivity index (χ1v) is 10.4. The van der Waals surface area contributed by atoms with E-state index in [1.165, 1.54) is 6.07 Å². The average Bonchev–Trinajstić information content (AvgIpc) is 3.25. The van der Waals surface area contributed by atoms with E-state index in [0.29, 0.717) is 18.2 Å². The van der Waals surface area contributed by atoms with Gasteiger partial charge in [-0.05, 0) is 26.3 Å². The fourth-order valence-corrected chi connectivity index (χ4v) is 3.82. The second kappa shape index (κ2) is 8.87. The average molecular weight is 399 g/mol. The Labute approximate surface area is 170 Å². The normalized spacial score (nSPS) is 20.2. The molecule has 1 atom stereocenters. The van der Waals surface area contributed by atoms with Gasteiger partial charge in [0.15, 0.2) is 0 Å². The summed E-state index contributed by atoms with van der Waals surface area (Å²) in [6.45, 7) is 10.5. The minimum Gasteiger partial charge on any atom is -0.376 e. The molecule has 0 radical (unpaired) electrons. The van der Waals surface area contributed by atoms with E-state index in [0.717, 1.165) is 69.4 Å². The Morgan fingerprint density at radius 3 is 2.79 bits per heavy atom. The second-order valence-electron chi connectivity index (χ2n) is 7.59. The molecule has 2 aliphatic heterocycles. The van der Waals surface area contributed by atoms with Crippen LogP contribution in [0.2, 0.25) is 0 Å². The Morgan fingerprint density at radius 1 is 1.28 bits per heavy atom. The predicted octanol–water partition coefficient (Wildman–Crippen LogP) is 1.27. The summed E-state index contributed by atoms with van der Waals surface area (Å²) in [6, 6.07) is 1.49. The van der Waals surface area contributed by atoms with Gasteiger partial charge < -0.3 is 19.9 Å². The Balaban J connectivity index is 1.49. The number of anilines is 2. The van der Waals surface area contributed by atoms with E-state index >= 15 is 0 Å². The summed E-state index contributed by atoms with van der Waals surface area (Å²) in [6.07, 6.45) is 4.04. The number of rotatable bonds is 6. The molecular weight excluding hydrogens is 370 g/mol. The summed E-state index contributed by atoms with van der Waals surface area (Å²) in [5.41, 5.74) is 1.95. The Hall–Kier alpha value is -2.52. The van der Waals surface area contributed by atoms with Crippen LogP contribution in [0.4, 0.5) is 11.9 Å². The first-order valence-electron chi connectivity index (χ1n) is 10.4. The standard InChI is InChI=1S/C20H29N7O2/c1-3-26-6-8-27(9-7-26)20-22-13-16(14(2)23-20)17-11-18(28)25-19(24-17)21-12-15-5-4-10-29-15/h11,13,15H,3-10,12H2,1-2H3,(H2,21,24,25,28)/t15-/m0/s1. The van der Waals surface area contributed by atoms with Gasteiger partial charge in [-0.25, -0.2) is 15.0 Å². The van der Waals surface area contributed by atoms with E-state index in [1.807, 2.05) is 6.92 Å². The van der Waals surface area contributed by atoms with Crippen molar-refractivity contribution in [1.29, 1.82) is 0 Å². The van der Waals surface area contributed by atoms with Crippen LogP contribution < -0.4 is 15.8 Å². The number of aryl methyl sites for hydroxylation is 1. The van der Waals surface area contributed by atoms with Gasteiger partial charge in [0.05, 0.1) is 17.5 Å². The van der Waals surface area contributed by atoms with Gasteiger partial charge in [0.25, 0.3) is 5.56 Å². The summed E-state index contributed by atoms with van der Waals surface area (Å²) in [7, 11) is 0. The monoisotopic (exact) mass is 399 g/mol. The maximum absolute atomic E-state index is 12.1. The van der Waals surface area contributed by atoms with E-state index in [-0.39, 0.29) is 11.7 Å². The van der Waals surface area contributed by atoms with Crippen LogP contribution in [-0.4, -0.2) is 76.8 Å². The fourth-order valence-electron chi connectivity index (χ4n) is 3.82. The van der Waals surface area contributed by atoms with Crippen molar-refractivity contribution >= 4 is 11.9 Å². The van der Waals surface area contributed by atoms with Gasteiger partial charge in [-0.2, -0.15) is 0 Å². The summed E-state index contributed by atoms with van der Waals surface area (Å²) in [4.78, 5) is 33.3. The lowest BCUT2D eigenvalue weighted by atomic mass is 10.1. The van der Waals surface area contributed by atoms with E-state index in [1.54, 1.807) is 6.20 Å². The molecule has 156 valence electrons. The number of piperazine rings is 1. The van der Waals surface area contributed by atoms with Crippen LogP contribution in [0.1, 0.15) is 25.5 Å². The third-order valence-electron chi connectivity index (χ3n) is 5.61. The second-order valence-corrected chi connectivity index (χ2v) is 7.59. The molecule has 0 bridgehead atoms. The number of hydrogen-bond donors (Lipinski definition) is 2. The molecule has 0 amide bonds. The van der Waals surface area contributed by atoms with Crippen LogP contribution in [0, 0.1) is 6.92 Å². The maximum atomic E-state index is 12.1. The summed E-state index contributed by atoms with van der Waals surface area (Å²) >= 11 is 0. The van der Waals surface area contributed by atoms with Crippen molar-refractivity contribution in [3.05, 3.63) is 28.3 Å². The van der Waals surface area contributed by atoms with Crippen molar-refractivity contribution in [2.45, 2.75) is 32.8 Å². The molecule has 2 aromatic rings. The number of ether oxygens (including phenoxy) is 1. The van der Waals surface area contributed by atoms with Crippen LogP contribution in [0.3, 0.4) is 0 Å². The fraction of sp³-hybridized carbons (Fsp3) is 0.600. The van der Waals surface area contributed by atoms with Crippen molar-refractivity contribution in [3.8, 4) is 11.3 Å². The molecule has 0 saturated carbocycles. The molecule has 2 N–H and O–H groups in total. The van der Waals surface area contributed by atoms with Gasteiger partial charge in [0.2, 0.25) is 11.9 Å². The lowest BCUT2D eigenvalue weighted by molar-refractivity contribution is 0.120. The van der Waals surface area contributed by atoms with Crippen LogP contribution >= 0.6 is 0 Å². The van der Waals surface area contributed by atoms with Crippen molar-refractivity contribution in [1.82, 2.24) is 24.8 Å². The lowest BCUT2D eigenvalue weighted by Crippen LogP contribution is -2.46. The molecule has 0 aromatic carbocycles. The predicted molar refractivity (Wildman–Crippen MR) is 112 cm³/mol. The van der Waals surface area contributed by atoms with Crippen LogP contribution in [-0.2, 0) is 4.74 Å². The number of aromatic nitrogens is 4. The Bertz CT molecular complexity index is 887. The zero-order chi connectivity index (χ0) is 20.2. The SMILES string of the molecule is CCN1CCN(c2ncc(-c3cc(=O)[nH]c(NC[C@@H]4CCCO4)n3)c(C)n2)CC1. The highest BCUT2D eigenvalue weighted by atomic mass is 16.5. The van der Waals surface area contributed by atoms with Crippen LogP contribution in [0.5, 0.6) is 0 Å². The third kappa shape index (κ3) is 4.73. The Morgan fingerprint density at radius 2 is 2.10 bits per heavy atom. The van der Waals surface area contributed by atoms with Gasteiger partial charge in [0, 0.05) is 57.2 Å². The molecule has 0 unspecified atom stereocenters. The molecule has 9 heteroatoms. The highest BCUT2D eigenvalue weighted by molar-refractivity contribution is 5.62. The molecule has 2 saturated heterocycles. The molecule has 0 spiro atoms. The lowest BCUT2D eigenvalue weighted by Gasteiger charge is -2.34. The first-order chi connectivity index (χ1) is 14.1. The molecule has 4 heterocycles. The van der Waals surface area contributed by atoms with Gasteiger partial charge in [-0.3, -0.25) is 9.78 Å². The van der Waals surface area contributed by atoms with Gasteiger partial charge in [-0.1, -0.05) is 6.92 Å². The molecular formula is C20H29N7O2. The topological polar surface area (TPSA) is 99.3 Å². The molecule has 2 aliphatic rings. The molecule has 2 aromatic heterocycles. The van der Waals surface area contributed by atoms with E-state index in [2.05, 4.69) is 37.0 Å². The van der Waals surface area contributed by atoms with Crippen molar-refractivity contribution < 1.29 is 4.74 Å². The van der Waals surface area contributed by atoms with Crippen LogP contribution in [0.25, 0.3) is 11.3 Å². The largest absolute Gasteiger partial charge is 0.376 e. The van der Waals surface area contributed by atoms with Crippen molar-refractivity contribution in [2.24, 2.45) is 0 Å². The summed E-state index contributed by atoms with van der Waals surface area (Å²) in [5.74, 6) is 1.19. The van der Waals surface area contributed by atoms with Gasteiger partial charge >= 0.3 is 0 Å². The molecule has 2 fully saturated rings. The molecule has 0 aliphatic carbocycles. The number of aromatic amines is 1. The molecule has 29 heavy (non-hydrogen) atoms. The first kappa shape index (κ1) is 19.8. The quantitative estimate of drug-likeness (QED) is 0.749. The van der Waals surface area contributed by atoms with E-state index in [4.69, 9.17) is 9.72 Å². The number of hydrogen-bond acceptors (Lipinski definition) is 8. The minimum atomic E-state index is -0.205. The van der Waals surface area contributed by atoms with Crippen LogP contribution in [0.15, 0.2) is 17.1 Å². The number of nitrogens with one attached hydrogen (secondary N) is 2. The Kier molecular flexibility index (Phi) is 6.05. The highest BCUT2D eigenvalue weighted by Gasteiger charge is 2.19. The smallest absolute Gasteiger partial charge is 0.252 e. The number of likely N-dealkylation sites (N-methyl/N-ethyl adjacent to an activating group) is 1. The van der Waals surface area contributed by atoms with Crippen molar-refractivity contribution in [2.75, 3.05) is 56.1 Å². The van der Waals surface area contributed by atoms with E-state index in [9.17, 15) is 4.79 Å². The highest BCUT2D eigenvalue weighted by Crippen LogP contribution is 2.22. The minimum absolute atomic E-state index is 0.168. The molecule has 4 rings (SSSR count). The molecule has 9 nitrogen and oxygen atoms in total. The number of nitrogens with zero attached hydrogens (tertiary/aromatic N) is 5. The maximum Gasteiger partial charge on any atom is 0.252 e. The summed E-state index contributed by atoms with van der Waals surface area (Å²) in [5, 5.41) is 3.18. The number of H-pyrrole nitrogens is 1.